The normalized spacial score (nSPS) is 10.8. The standard InChI is InChI=1S/C15H18N4O3S3/c1-10(2)7-24-15-18-17-14(25-15)16-13(20)9-23-8-11-3-5-12(6-4-11)19(21)22/h3-6,10H,7-9H2,1-2H3,(H,16,17,20). The first-order chi connectivity index (χ1) is 11.9. The Morgan fingerprint density at radius 2 is 2.04 bits per heavy atom. The van der Waals surface area contributed by atoms with E-state index < -0.39 is 4.92 Å². The summed E-state index contributed by atoms with van der Waals surface area (Å²) in [5.41, 5.74) is 1.00. The van der Waals surface area contributed by atoms with Gasteiger partial charge in [0.05, 0.1) is 10.7 Å². The Hall–Kier alpha value is -1.65. The fourth-order valence-electron chi connectivity index (χ4n) is 1.69. The number of amides is 1. The lowest BCUT2D eigenvalue weighted by atomic mass is 10.2. The fourth-order valence-corrected chi connectivity index (χ4v) is 4.22. The third kappa shape index (κ3) is 7.00. The molecule has 0 fully saturated rings. The zero-order chi connectivity index (χ0) is 18.2. The van der Waals surface area contributed by atoms with E-state index >= 15 is 0 Å². The Balaban J connectivity index is 1.72. The van der Waals surface area contributed by atoms with Gasteiger partial charge in [-0.15, -0.1) is 22.0 Å². The van der Waals surface area contributed by atoms with E-state index in [9.17, 15) is 14.9 Å². The van der Waals surface area contributed by atoms with Crippen LogP contribution < -0.4 is 5.32 Å². The van der Waals surface area contributed by atoms with Crippen molar-refractivity contribution in [2.45, 2.75) is 23.9 Å². The van der Waals surface area contributed by atoms with Gasteiger partial charge in [-0.05, 0) is 11.5 Å². The second kappa shape index (κ2) is 9.73. The van der Waals surface area contributed by atoms with Gasteiger partial charge in [0.25, 0.3) is 5.69 Å². The van der Waals surface area contributed by atoms with Gasteiger partial charge < -0.3 is 0 Å². The van der Waals surface area contributed by atoms with Crippen LogP contribution in [0.25, 0.3) is 0 Å². The van der Waals surface area contributed by atoms with Crippen molar-refractivity contribution in [3.63, 3.8) is 0 Å². The van der Waals surface area contributed by atoms with Crippen LogP contribution in [0.2, 0.25) is 0 Å². The number of aromatic nitrogens is 2. The van der Waals surface area contributed by atoms with Crippen molar-refractivity contribution in [1.82, 2.24) is 10.2 Å². The molecule has 134 valence electrons. The lowest BCUT2D eigenvalue weighted by Gasteiger charge is -2.02. The minimum Gasteiger partial charge on any atom is -0.300 e. The molecule has 1 amide bonds. The Kier molecular flexibility index (Phi) is 7.66. The minimum atomic E-state index is -0.430. The van der Waals surface area contributed by atoms with Crippen LogP contribution >= 0.6 is 34.9 Å². The summed E-state index contributed by atoms with van der Waals surface area (Å²) in [5.74, 6) is 2.29. The number of carbonyl (C=O) groups excluding carboxylic acids is 1. The van der Waals surface area contributed by atoms with Crippen molar-refractivity contribution < 1.29 is 9.72 Å². The van der Waals surface area contributed by atoms with E-state index in [0.717, 1.165) is 15.7 Å². The maximum absolute atomic E-state index is 11.9. The number of non-ortho nitro benzene ring substituents is 1. The first-order valence-electron chi connectivity index (χ1n) is 7.51. The Labute approximate surface area is 158 Å². The molecule has 0 atom stereocenters. The summed E-state index contributed by atoms with van der Waals surface area (Å²) in [6.45, 7) is 4.28. The van der Waals surface area contributed by atoms with Crippen LogP contribution in [0.1, 0.15) is 19.4 Å². The van der Waals surface area contributed by atoms with Crippen LogP contribution in [0.15, 0.2) is 28.6 Å². The molecule has 2 rings (SSSR count). The lowest BCUT2D eigenvalue weighted by Crippen LogP contribution is -2.13. The van der Waals surface area contributed by atoms with Crippen LogP contribution in [-0.2, 0) is 10.5 Å². The Bertz CT molecular complexity index is 719. The van der Waals surface area contributed by atoms with E-state index in [4.69, 9.17) is 0 Å². The molecule has 1 N–H and O–H groups in total. The fraction of sp³-hybridized carbons (Fsp3) is 0.400. The molecule has 0 spiro atoms. The van der Waals surface area contributed by atoms with Crippen molar-refractivity contribution in [3.05, 3.63) is 39.9 Å². The number of carbonyl (C=O) groups is 1. The van der Waals surface area contributed by atoms with Crippen molar-refractivity contribution >= 4 is 51.6 Å². The van der Waals surface area contributed by atoms with E-state index in [1.165, 1.54) is 35.2 Å². The average molecular weight is 399 g/mol. The highest BCUT2D eigenvalue weighted by atomic mass is 32.2. The second-order valence-electron chi connectivity index (χ2n) is 5.54. The summed E-state index contributed by atoms with van der Waals surface area (Å²) >= 11 is 4.45. The first-order valence-corrected chi connectivity index (χ1v) is 10.5. The Morgan fingerprint density at radius 3 is 2.68 bits per heavy atom. The number of thioether (sulfide) groups is 2. The molecule has 10 heteroatoms. The first kappa shape index (κ1) is 19.7. The van der Waals surface area contributed by atoms with Gasteiger partial charge in [-0.1, -0.05) is 49.1 Å². The SMILES string of the molecule is CC(C)CSc1nnc(NC(=O)CSCc2ccc([N+](=O)[O-])cc2)s1. The van der Waals surface area contributed by atoms with E-state index in [2.05, 4.69) is 29.4 Å². The summed E-state index contributed by atoms with van der Waals surface area (Å²) in [4.78, 5) is 22.1. The summed E-state index contributed by atoms with van der Waals surface area (Å²) in [6, 6.07) is 6.33. The number of rotatable bonds is 9. The molecule has 0 aliphatic heterocycles. The van der Waals surface area contributed by atoms with Gasteiger partial charge in [0, 0.05) is 23.6 Å². The van der Waals surface area contributed by atoms with E-state index in [1.807, 2.05) is 0 Å². The third-order valence-corrected chi connectivity index (χ3v) is 6.24. The topological polar surface area (TPSA) is 98.0 Å². The maximum atomic E-state index is 11.9. The molecule has 0 saturated carbocycles. The summed E-state index contributed by atoms with van der Waals surface area (Å²) < 4.78 is 0.850. The molecule has 2 aromatic rings. The monoisotopic (exact) mass is 398 g/mol. The van der Waals surface area contributed by atoms with Crippen molar-refractivity contribution in [3.8, 4) is 0 Å². The van der Waals surface area contributed by atoms with Crippen molar-refractivity contribution in [1.29, 1.82) is 0 Å². The quantitative estimate of drug-likeness (QED) is 0.294. The molecule has 1 aromatic heterocycles. The number of benzene rings is 1. The number of nitro groups is 1. The summed E-state index contributed by atoms with van der Waals surface area (Å²) in [7, 11) is 0. The van der Waals surface area contributed by atoms with Crippen LogP contribution in [0.5, 0.6) is 0 Å². The molecule has 25 heavy (non-hydrogen) atoms. The number of nitro benzene ring substituents is 1. The molecule has 0 radical (unpaired) electrons. The highest BCUT2D eigenvalue weighted by Crippen LogP contribution is 2.27. The van der Waals surface area contributed by atoms with Gasteiger partial charge in [-0.3, -0.25) is 20.2 Å². The molecule has 0 aliphatic carbocycles. The number of hydrogen-bond donors (Lipinski definition) is 1. The van der Waals surface area contributed by atoms with Crippen LogP contribution in [-0.4, -0.2) is 32.5 Å². The predicted molar refractivity (Wildman–Crippen MR) is 103 cm³/mol. The van der Waals surface area contributed by atoms with E-state index in [0.29, 0.717) is 16.8 Å². The predicted octanol–water partition coefficient (Wildman–Crippen LogP) is 4.07. The number of nitrogens with one attached hydrogen (secondary N) is 1. The molecule has 0 saturated heterocycles. The van der Waals surface area contributed by atoms with Crippen molar-refractivity contribution in [2.75, 3.05) is 16.8 Å². The molecule has 1 heterocycles. The number of anilines is 1. The zero-order valence-electron chi connectivity index (χ0n) is 13.8. The molecule has 0 unspecified atom stereocenters. The molecule has 7 nitrogen and oxygen atoms in total. The van der Waals surface area contributed by atoms with Gasteiger partial charge in [-0.2, -0.15) is 0 Å². The number of nitrogens with zero attached hydrogens (tertiary/aromatic N) is 3. The maximum Gasteiger partial charge on any atom is 0.269 e. The number of hydrogen-bond acceptors (Lipinski definition) is 8. The minimum absolute atomic E-state index is 0.0638. The van der Waals surface area contributed by atoms with E-state index in [-0.39, 0.29) is 17.3 Å². The van der Waals surface area contributed by atoms with Crippen LogP contribution in [0, 0.1) is 16.0 Å². The van der Waals surface area contributed by atoms with Gasteiger partial charge >= 0.3 is 0 Å². The van der Waals surface area contributed by atoms with Gasteiger partial charge in [0.2, 0.25) is 11.0 Å². The molecule has 0 bridgehead atoms. The average Bonchev–Trinajstić information content (AvgIpc) is 3.01. The molecular weight excluding hydrogens is 380 g/mol. The Morgan fingerprint density at radius 1 is 1.32 bits per heavy atom. The van der Waals surface area contributed by atoms with Gasteiger partial charge in [0.1, 0.15) is 0 Å². The smallest absolute Gasteiger partial charge is 0.269 e. The summed E-state index contributed by atoms with van der Waals surface area (Å²) in [6.07, 6.45) is 0. The summed E-state index contributed by atoms with van der Waals surface area (Å²) in [5, 5.41) is 21.9. The lowest BCUT2D eigenvalue weighted by molar-refractivity contribution is -0.384. The largest absolute Gasteiger partial charge is 0.300 e. The third-order valence-electron chi connectivity index (χ3n) is 2.84. The molecule has 1 aromatic carbocycles. The molecule has 0 aliphatic rings. The van der Waals surface area contributed by atoms with Gasteiger partial charge in [-0.25, -0.2) is 0 Å². The van der Waals surface area contributed by atoms with E-state index in [1.54, 1.807) is 23.9 Å². The van der Waals surface area contributed by atoms with Crippen LogP contribution in [0.3, 0.4) is 0 Å². The van der Waals surface area contributed by atoms with Gasteiger partial charge in [0.15, 0.2) is 4.34 Å². The van der Waals surface area contributed by atoms with Crippen molar-refractivity contribution in [2.24, 2.45) is 5.92 Å². The highest BCUT2D eigenvalue weighted by molar-refractivity contribution is 8.01. The second-order valence-corrected chi connectivity index (χ2v) is 8.77. The highest BCUT2D eigenvalue weighted by Gasteiger charge is 2.10. The van der Waals surface area contributed by atoms with Crippen LogP contribution in [0.4, 0.5) is 10.8 Å². The zero-order valence-corrected chi connectivity index (χ0v) is 16.2. The molecular formula is C15H18N4O3S3.